The van der Waals surface area contributed by atoms with Crippen molar-refractivity contribution in [1.29, 1.82) is 0 Å². The molecule has 2 unspecified atom stereocenters. The third-order valence-electron chi connectivity index (χ3n) is 2.78. The highest BCUT2D eigenvalue weighted by Gasteiger charge is 2.11. The summed E-state index contributed by atoms with van der Waals surface area (Å²) in [4.78, 5) is 0. The van der Waals surface area contributed by atoms with Crippen LogP contribution < -0.4 is 0 Å². The van der Waals surface area contributed by atoms with Gasteiger partial charge in [0.1, 0.15) is 6.10 Å². The smallest absolute Gasteiger partial charge is 0.103 e. The van der Waals surface area contributed by atoms with Crippen LogP contribution in [-0.2, 0) is 4.74 Å². The minimum absolute atomic E-state index is 0.226. The molecule has 0 saturated carbocycles. The summed E-state index contributed by atoms with van der Waals surface area (Å²) < 4.78 is 5.60. The maximum atomic E-state index is 9.99. The maximum Gasteiger partial charge on any atom is 0.103 e. The lowest BCUT2D eigenvalue weighted by Crippen LogP contribution is -2.15. The number of benzene rings is 1. The van der Waals surface area contributed by atoms with Crippen LogP contribution in [0.25, 0.3) is 0 Å². The second kappa shape index (κ2) is 6.66. The van der Waals surface area contributed by atoms with Gasteiger partial charge in [-0.05, 0) is 31.4 Å². The molecule has 0 aliphatic rings. The molecule has 2 heteroatoms. The SMILES string of the molecule is CCCC(C)OCC(O)c1ccccc1C. The van der Waals surface area contributed by atoms with Crippen molar-refractivity contribution in [2.75, 3.05) is 6.61 Å². The number of aliphatic hydroxyl groups excluding tert-OH is 1. The van der Waals surface area contributed by atoms with Gasteiger partial charge in [-0.1, -0.05) is 37.6 Å². The molecule has 0 spiro atoms. The van der Waals surface area contributed by atoms with Gasteiger partial charge in [0.25, 0.3) is 0 Å². The Labute approximate surface area is 98.3 Å². The Kier molecular flexibility index (Phi) is 5.50. The summed E-state index contributed by atoms with van der Waals surface area (Å²) in [5.41, 5.74) is 2.08. The van der Waals surface area contributed by atoms with E-state index in [0.717, 1.165) is 24.0 Å². The van der Waals surface area contributed by atoms with E-state index in [2.05, 4.69) is 6.92 Å². The summed E-state index contributed by atoms with van der Waals surface area (Å²) >= 11 is 0. The molecule has 2 atom stereocenters. The minimum atomic E-state index is -0.513. The van der Waals surface area contributed by atoms with Gasteiger partial charge in [-0.15, -0.1) is 0 Å². The van der Waals surface area contributed by atoms with Gasteiger partial charge < -0.3 is 9.84 Å². The van der Waals surface area contributed by atoms with Gasteiger partial charge in [0.2, 0.25) is 0 Å². The number of aliphatic hydroxyl groups is 1. The van der Waals surface area contributed by atoms with Crippen molar-refractivity contribution in [3.8, 4) is 0 Å². The van der Waals surface area contributed by atoms with Gasteiger partial charge >= 0.3 is 0 Å². The van der Waals surface area contributed by atoms with Crippen molar-refractivity contribution in [2.24, 2.45) is 0 Å². The Morgan fingerprint density at radius 2 is 2.00 bits per heavy atom. The Morgan fingerprint density at radius 3 is 2.62 bits per heavy atom. The van der Waals surface area contributed by atoms with Crippen LogP contribution in [0.3, 0.4) is 0 Å². The first-order valence-electron chi connectivity index (χ1n) is 6.00. The molecule has 90 valence electrons. The fourth-order valence-corrected chi connectivity index (χ4v) is 1.80. The monoisotopic (exact) mass is 222 g/mol. The molecule has 16 heavy (non-hydrogen) atoms. The van der Waals surface area contributed by atoms with Crippen LogP contribution in [0.5, 0.6) is 0 Å². The molecule has 1 N–H and O–H groups in total. The zero-order valence-corrected chi connectivity index (χ0v) is 10.4. The number of rotatable bonds is 6. The number of ether oxygens (including phenoxy) is 1. The molecule has 0 aliphatic heterocycles. The highest BCUT2D eigenvalue weighted by atomic mass is 16.5. The molecule has 0 aromatic heterocycles. The highest BCUT2D eigenvalue weighted by Crippen LogP contribution is 2.18. The highest BCUT2D eigenvalue weighted by molar-refractivity contribution is 5.27. The van der Waals surface area contributed by atoms with Crippen molar-refractivity contribution in [3.05, 3.63) is 35.4 Å². The van der Waals surface area contributed by atoms with Crippen LogP contribution in [0.1, 0.15) is 43.9 Å². The molecular formula is C14H22O2. The van der Waals surface area contributed by atoms with Gasteiger partial charge in [0.05, 0.1) is 12.7 Å². The zero-order chi connectivity index (χ0) is 12.0. The average molecular weight is 222 g/mol. The Bertz CT molecular complexity index is 309. The third kappa shape index (κ3) is 3.95. The van der Waals surface area contributed by atoms with E-state index < -0.39 is 6.10 Å². The Hall–Kier alpha value is -0.860. The summed E-state index contributed by atoms with van der Waals surface area (Å²) in [6.07, 6.45) is 1.87. The molecular weight excluding hydrogens is 200 g/mol. The predicted molar refractivity (Wildman–Crippen MR) is 66.5 cm³/mol. The lowest BCUT2D eigenvalue weighted by molar-refractivity contribution is -0.00605. The number of hydrogen-bond acceptors (Lipinski definition) is 2. The van der Waals surface area contributed by atoms with Gasteiger partial charge in [-0.3, -0.25) is 0 Å². The predicted octanol–water partition coefficient (Wildman–Crippen LogP) is 3.23. The topological polar surface area (TPSA) is 29.5 Å². The van der Waals surface area contributed by atoms with Crippen molar-refractivity contribution < 1.29 is 9.84 Å². The fourth-order valence-electron chi connectivity index (χ4n) is 1.80. The Balaban J connectivity index is 2.46. The minimum Gasteiger partial charge on any atom is -0.386 e. The molecule has 1 aromatic carbocycles. The molecule has 1 aromatic rings. The van der Waals surface area contributed by atoms with Gasteiger partial charge in [-0.2, -0.15) is 0 Å². The van der Waals surface area contributed by atoms with Crippen molar-refractivity contribution in [3.63, 3.8) is 0 Å². The second-order valence-corrected chi connectivity index (χ2v) is 4.31. The summed E-state index contributed by atoms with van der Waals surface area (Å²) in [6, 6.07) is 7.88. The molecule has 1 rings (SSSR count). The quantitative estimate of drug-likeness (QED) is 0.800. The standard InChI is InChI=1S/C14H22O2/c1-4-7-12(3)16-10-14(15)13-9-6-5-8-11(13)2/h5-6,8-9,12,14-15H,4,7,10H2,1-3H3. The molecule has 2 nitrogen and oxygen atoms in total. The lowest BCUT2D eigenvalue weighted by atomic mass is 10.0. The van der Waals surface area contributed by atoms with E-state index in [1.807, 2.05) is 38.1 Å². The van der Waals surface area contributed by atoms with E-state index >= 15 is 0 Å². The van der Waals surface area contributed by atoms with Crippen molar-refractivity contribution >= 4 is 0 Å². The first kappa shape index (κ1) is 13.2. The molecule has 0 heterocycles. The summed E-state index contributed by atoms with van der Waals surface area (Å²) in [6.45, 7) is 6.58. The summed E-state index contributed by atoms with van der Waals surface area (Å²) in [5.74, 6) is 0. The zero-order valence-electron chi connectivity index (χ0n) is 10.4. The van der Waals surface area contributed by atoms with Gasteiger partial charge in [0, 0.05) is 0 Å². The van der Waals surface area contributed by atoms with E-state index in [1.54, 1.807) is 0 Å². The first-order chi connectivity index (χ1) is 7.65. The first-order valence-corrected chi connectivity index (χ1v) is 6.00. The molecule has 0 amide bonds. The molecule has 0 aliphatic carbocycles. The lowest BCUT2D eigenvalue weighted by Gasteiger charge is -2.17. The van der Waals surface area contributed by atoms with E-state index in [-0.39, 0.29) is 6.10 Å². The van der Waals surface area contributed by atoms with Crippen LogP contribution in [0.2, 0.25) is 0 Å². The molecule has 0 bridgehead atoms. The van der Waals surface area contributed by atoms with Crippen LogP contribution in [-0.4, -0.2) is 17.8 Å². The number of hydrogen-bond donors (Lipinski definition) is 1. The van der Waals surface area contributed by atoms with E-state index in [0.29, 0.717) is 6.61 Å². The summed E-state index contributed by atoms with van der Waals surface area (Å²) in [5, 5.41) is 9.99. The molecule has 0 radical (unpaired) electrons. The largest absolute Gasteiger partial charge is 0.386 e. The Morgan fingerprint density at radius 1 is 1.31 bits per heavy atom. The average Bonchev–Trinajstić information content (AvgIpc) is 2.27. The fraction of sp³-hybridized carbons (Fsp3) is 0.571. The van der Waals surface area contributed by atoms with Gasteiger partial charge in [-0.25, -0.2) is 0 Å². The number of aryl methyl sites for hydroxylation is 1. The van der Waals surface area contributed by atoms with Crippen molar-refractivity contribution in [2.45, 2.75) is 45.8 Å². The second-order valence-electron chi connectivity index (χ2n) is 4.31. The van der Waals surface area contributed by atoms with Crippen LogP contribution in [0, 0.1) is 6.92 Å². The van der Waals surface area contributed by atoms with E-state index in [9.17, 15) is 5.11 Å². The van der Waals surface area contributed by atoms with Crippen LogP contribution >= 0.6 is 0 Å². The van der Waals surface area contributed by atoms with Crippen molar-refractivity contribution in [1.82, 2.24) is 0 Å². The van der Waals surface area contributed by atoms with Crippen LogP contribution in [0.15, 0.2) is 24.3 Å². The molecule has 0 fully saturated rings. The van der Waals surface area contributed by atoms with Gasteiger partial charge in [0.15, 0.2) is 0 Å². The third-order valence-corrected chi connectivity index (χ3v) is 2.78. The van der Waals surface area contributed by atoms with E-state index in [1.165, 1.54) is 0 Å². The molecule has 0 saturated heterocycles. The summed E-state index contributed by atoms with van der Waals surface area (Å²) in [7, 11) is 0. The maximum absolute atomic E-state index is 9.99. The van der Waals surface area contributed by atoms with Crippen LogP contribution in [0.4, 0.5) is 0 Å². The van der Waals surface area contributed by atoms with E-state index in [4.69, 9.17) is 4.74 Å². The normalized spacial score (nSPS) is 14.8.